The third-order valence-electron chi connectivity index (χ3n) is 4.23. The van der Waals surface area contributed by atoms with Crippen LogP contribution in [0.25, 0.3) is 0 Å². The van der Waals surface area contributed by atoms with Crippen molar-refractivity contribution in [3.05, 3.63) is 75.5 Å². The number of carbonyl (C=O) groups excluding carboxylic acids is 1. The van der Waals surface area contributed by atoms with Crippen molar-refractivity contribution >= 4 is 23.4 Å². The van der Waals surface area contributed by atoms with Crippen molar-refractivity contribution in [2.24, 2.45) is 0 Å². The number of aryl methyl sites for hydroxylation is 1. The van der Waals surface area contributed by atoms with E-state index in [0.717, 1.165) is 30.0 Å². The summed E-state index contributed by atoms with van der Waals surface area (Å²) in [4.78, 5) is 24.2. The number of halogens is 2. The molecule has 31 heavy (non-hydrogen) atoms. The third-order valence-corrected chi connectivity index (χ3v) is 5.47. The number of nitrogens with zero attached hydrogens (tertiary/aromatic N) is 3. The van der Waals surface area contributed by atoms with Crippen LogP contribution in [0.15, 0.2) is 52.3 Å². The molecule has 1 heterocycles. The monoisotopic (exact) mass is 447 g/mol. The SMILES string of the molecule is Cc1nn(C(C)(C)C)c(OC(=O)c2c(F)cccc2F)c1Sc1ccccc1[N+](=O)[O-]. The first kappa shape index (κ1) is 22.4. The lowest BCUT2D eigenvalue weighted by atomic mass is 10.1. The van der Waals surface area contributed by atoms with Crippen LogP contribution in [0.2, 0.25) is 0 Å². The molecule has 0 spiro atoms. The van der Waals surface area contributed by atoms with E-state index >= 15 is 0 Å². The smallest absolute Gasteiger partial charge is 0.350 e. The standard InChI is InChI=1S/C21H19F2N3O4S/c1-12-18(31-16-11-6-5-10-15(16)26(28)29)19(25(24-12)21(2,3)4)30-20(27)17-13(22)8-7-9-14(17)23/h5-11H,1-4H3. The molecule has 0 aliphatic carbocycles. The number of aromatic nitrogens is 2. The first-order valence-electron chi connectivity index (χ1n) is 9.18. The summed E-state index contributed by atoms with van der Waals surface area (Å²) in [5, 5.41) is 15.8. The van der Waals surface area contributed by atoms with E-state index in [4.69, 9.17) is 4.74 Å². The zero-order valence-electron chi connectivity index (χ0n) is 17.2. The fourth-order valence-electron chi connectivity index (χ4n) is 2.79. The number of carbonyl (C=O) groups is 1. The van der Waals surface area contributed by atoms with Crippen LogP contribution in [0.4, 0.5) is 14.5 Å². The minimum Gasteiger partial charge on any atom is -0.403 e. The number of para-hydroxylation sites is 1. The van der Waals surface area contributed by atoms with Crippen LogP contribution < -0.4 is 4.74 Å². The van der Waals surface area contributed by atoms with Crippen LogP contribution >= 0.6 is 11.8 Å². The highest BCUT2D eigenvalue weighted by Crippen LogP contribution is 2.43. The van der Waals surface area contributed by atoms with Crippen molar-refractivity contribution in [2.45, 2.75) is 43.0 Å². The second kappa shape index (κ2) is 8.46. The van der Waals surface area contributed by atoms with Crippen LogP contribution in [0, 0.1) is 28.7 Å². The molecule has 1 aromatic heterocycles. The van der Waals surface area contributed by atoms with E-state index in [1.54, 1.807) is 39.8 Å². The fraction of sp³-hybridized carbons (Fsp3) is 0.238. The molecule has 162 valence electrons. The van der Waals surface area contributed by atoms with Crippen molar-refractivity contribution in [2.75, 3.05) is 0 Å². The Balaban J connectivity index is 2.11. The van der Waals surface area contributed by atoms with E-state index in [1.807, 2.05) is 0 Å². The maximum Gasteiger partial charge on any atom is 0.350 e. The van der Waals surface area contributed by atoms with Gasteiger partial charge in [-0.25, -0.2) is 18.3 Å². The molecule has 0 fully saturated rings. The Morgan fingerprint density at radius 1 is 1.13 bits per heavy atom. The third kappa shape index (κ3) is 4.58. The summed E-state index contributed by atoms with van der Waals surface area (Å²) < 4.78 is 35.0. The Labute approximate surface area is 181 Å². The largest absolute Gasteiger partial charge is 0.403 e. The minimum atomic E-state index is -1.23. The van der Waals surface area contributed by atoms with Crippen molar-refractivity contribution in [1.29, 1.82) is 0 Å². The molecule has 3 rings (SSSR count). The average Bonchev–Trinajstić information content (AvgIpc) is 2.98. The molecular weight excluding hydrogens is 428 g/mol. The Bertz CT molecular complexity index is 1150. The molecule has 0 unspecified atom stereocenters. The Hall–Kier alpha value is -3.27. The zero-order chi connectivity index (χ0) is 22.9. The maximum atomic E-state index is 14.1. The highest BCUT2D eigenvalue weighted by atomic mass is 32.2. The molecule has 3 aromatic rings. The molecule has 0 N–H and O–H groups in total. The summed E-state index contributed by atoms with van der Waals surface area (Å²) >= 11 is 0.989. The second-order valence-corrected chi connectivity index (χ2v) is 8.67. The lowest BCUT2D eigenvalue weighted by Crippen LogP contribution is -2.26. The number of hydrogen-bond donors (Lipinski definition) is 0. The van der Waals surface area contributed by atoms with Gasteiger partial charge in [0.05, 0.1) is 25.9 Å². The summed E-state index contributed by atoms with van der Waals surface area (Å²) in [6.07, 6.45) is 0. The van der Waals surface area contributed by atoms with Crippen molar-refractivity contribution in [1.82, 2.24) is 9.78 Å². The normalized spacial score (nSPS) is 11.4. The van der Waals surface area contributed by atoms with Crippen molar-refractivity contribution < 1.29 is 23.2 Å². The van der Waals surface area contributed by atoms with Crippen LogP contribution in [0.5, 0.6) is 5.88 Å². The lowest BCUT2D eigenvalue weighted by molar-refractivity contribution is -0.387. The van der Waals surface area contributed by atoms with Gasteiger partial charge in [-0.1, -0.05) is 30.0 Å². The molecule has 7 nitrogen and oxygen atoms in total. The van der Waals surface area contributed by atoms with E-state index < -0.39 is 33.6 Å². The highest BCUT2D eigenvalue weighted by Gasteiger charge is 2.30. The molecule has 0 bridgehead atoms. The summed E-state index contributed by atoms with van der Waals surface area (Å²) in [7, 11) is 0. The molecule has 0 aliphatic heterocycles. The zero-order valence-corrected chi connectivity index (χ0v) is 18.0. The number of rotatable bonds is 5. The quantitative estimate of drug-likeness (QED) is 0.291. The Morgan fingerprint density at radius 3 is 2.32 bits per heavy atom. The summed E-state index contributed by atoms with van der Waals surface area (Å²) in [6, 6.07) is 9.13. The van der Waals surface area contributed by atoms with E-state index in [2.05, 4.69) is 5.10 Å². The molecule has 0 amide bonds. The van der Waals surface area contributed by atoms with Crippen LogP contribution in [-0.4, -0.2) is 20.7 Å². The van der Waals surface area contributed by atoms with Gasteiger partial charge in [0.25, 0.3) is 5.69 Å². The number of benzene rings is 2. The van der Waals surface area contributed by atoms with Gasteiger partial charge in [-0.2, -0.15) is 5.10 Å². The van der Waals surface area contributed by atoms with Gasteiger partial charge in [-0.3, -0.25) is 10.1 Å². The number of esters is 1. The molecule has 2 aromatic carbocycles. The second-order valence-electron chi connectivity index (χ2n) is 7.62. The topological polar surface area (TPSA) is 87.3 Å². The van der Waals surface area contributed by atoms with Gasteiger partial charge in [-0.05, 0) is 45.9 Å². The van der Waals surface area contributed by atoms with Crippen molar-refractivity contribution in [3.63, 3.8) is 0 Å². The average molecular weight is 447 g/mol. The van der Waals surface area contributed by atoms with E-state index in [0.29, 0.717) is 15.5 Å². The molecule has 0 atom stereocenters. The molecule has 0 radical (unpaired) electrons. The molecular formula is C21H19F2N3O4S. The van der Waals surface area contributed by atoms with Gasteiger partial charge in [0.2, 0.25) is 5.88 Å². The molecule has 0 aliphatic rings. The summed E-state index contributed by atoms with van der Waals surface area (Å²) in [6.45, 7) is 7.07. The first-order chi connectivity index (χ1) is 14.5. The van der Waals surface area contributed by atoms with E-state index in [-0.39, 0.29) is 11.6 Å². The van der Waals surface area contributed by atoms with Gasteiger partial charge in [0.1, 0.15) is 17.2 Å². The van der Waals surface area contributed by atoms with Crippen LogP contribution in [0.3, 0.4) is 0 Å². The van der Waals surface area contributed by atoms with E-state index in [9.17, 15) is 23.7 Å². The lowest BCUT2D eigenvalue weighted by Gasteiger charge is -2.22. The fourth-order valence-corrected chi connectivity index (χ4v) is 3.81. The van der Waals surface area contributed by atoms with E-state index in [1.165, 1.54) is 16.8 Å². The number of nitro groups is 1. The number of hydrogen-bond acceptors (Lipinski definition) is 6. The maximum absolute atomic E-state index is 14.1. The minimum absolute atomic E-state index is 0.0548. The number of ether oxygens (including phenoxy) is 1. The summed E-state index contributed by atoms with van der Waals surface area (Å²) in [5.74, 6) is -3.40. The summed E-state index contributed by atoms with van der Waals surface area (Å²) in [5.41, 5.74) is -1.18. The highest BCUT2D eigenvalue weighted by molar-refractivity contribution is 7.99. The predicted octanol–water partition coefficient (Wildman–Crippen LogP) is 5.50. The van der Waals surface area contributed by atoms with Crippen LogP contribution in [-0.2, 0) is 5.54 Å². The van der Waals surface area contributed by atoms with Crippen LogP contribution in [0.1, 0.15) is 36.8 Å². The Kier molecular flexibility index (Phi) is 6.12. The Morgan fingerprint density at radius 2 is 1.74 bits per heavy atom. The number of nitro benzene ring substituents is 1. The first-order valence-corrected chi connectivity index (χ1v) is 10.00. The van der Waals surface area contributed by atoms with Gasteiger partial charge >= 0.3 is 5.97 Å². The van der Waals surface area contributed by atoms with Crippen molar-refractivity contribution in [3.8, 4) is 5.88 Å². The van der Waals surface area contributed by atoms with Gasteiger partial charge in [0.15, 0.2) is 0 Å². The molecule has 0 saturated carbocycles. The molecule has 0 saturated heterocycles. The predicted molar refractivity (Wildman–Crippen MR) is 110 cm³/mol. The van der Waals surface area contributed by atoms with Gasteiger partial charge < -0.3 is 4.74 Å². The molecule has 10 heteroatoms. The van der Waals surface area contributed by atoms with Gasteiger partial charge in [0, 0.05) is 6.07 Å². The van der Waals surface area contributed by atoms with Gasteiger partial charge in [-0.15, -0.1) is 0 Å².